The van der Waals surface area contributed by atoms with Crippen LogP contribution in [0, 0.1) is 0 Å². The van der Waals surface area contributed by atoms with Gasteiger partial charge in [0, 0.05) is 12.7 Å². The van der Waals surface area contributed by atoms with Gasteiger partial charge in [0.25, 0.3) is 0 Å². The SMILES string of the molecule is CC(=O)N[C@@H](CSC(C)C(N)=O)C(=O)O. The quantitative estimate of drug-likeness (QED) is 0.556. The third-order valence-electron chi connectivity index (χ3n) is 1.59. The van der Waals surface area contributed by atoms with Gasteiger partial charge in [0.2, 0.25) is 11.8 Å². The van der Waals surface area contributed by atoms with E-state index in [9.17, 15) is 14.4 Å². The van der Waals surface area contributed by atoms with Crippen molar-refractivity contribution in [2.45, 2.75) is 25.1 Å². The van der Waals surface area contributed by atoms with E-state index in [1.807, 2.05) is 0 Å². The predicted octanol–water partition coefficient (Wildman–Crippen LogP) is -0.817. The minimum Gasteiger partial charge on any atom is -0.480 e. The largest absolute Gasteiger partial charge is 0.480 e. The van der Waals surface area contributed by atoms with Crippen molar-refractivity contribution in [1.29, 1.82) is 0 Å². The highest BCUT2D eigenvalue weighted by Gasteiger charge is 2.20. The highest BCUT2D eigenvalue weighted by Crippen LogP contribution is 2.11. The van der Waals surface area contributed by atoms with Crippen molar-refractivity contribution in [3.05, 3.63) is 0 Å². The molecule has 0 rings (SSSR count). The third-order valence-corrected chi connectivity index (χ3v) is 2.85. The van der Waals surface area contributed by atoms with Crippen LogP contribution in [0.4, 0.5) is 0 Å². The van der Waals surface area contributed by atoms with Crippen molar-refractivity contribution >= 4 is 29.5 Å². The lowest BCUT2D eigenvalue weighted by Crippen LogP contribution is -2.42. The first-order chi connectivity index (χ1) is 6.84. The van der Waals surface area contributed by atoms with E-state index in [-0.39, 0.29) is 5.75 Å². The zero-order valence-corrected chi connectivity index (χ0v) is 9.34. The van der Waals surface area contributed by atoms with Crippen LogP contribution in [-0.2, 0) is 14.4 Å². The number of carbonyl (C=O) groups is 3. The number of carboxylic acid groups (broad SMARTS) is 1. The Balaban J connectivity index is 4.13. The van der Waals surface area contributed by atoms with E-state index < -0.39 is 29.1 Å². The van der Waals surface area contributed by atoms with Gasteiger partial charge in [-0.25, -0.2) is 4.79 Å². The standard InChI is InChI=1S/C8H14N2O4S/c1-4(7(9)12)15-3-6(8(13)14)10-5(2)11/h4,6H,3H2,1-2H3,(H2,9,12)(H,10,11)(H,13,14)/t4?,6-/m0/s1. The normalized spacial score (nSPS) is 14.0. The van der Waals surface area contributed by atoms with Gasteiger partial charge in [-0.05, 0) is 6.92 Å². The molecular formula is C8H14N2O4S. The molecule has 0 aromatic heterocycles. The fourth-order valence-corrected chi connectivity index (χ4v) is 1.61. The van der Waals surface area contributed by atoms with E-state index in [1.54, 1.807) is 6.92 Å². The van der Waals surface area contributed by atoms with Crippen LogP contribution in [0.1, 0.15) is 13.8 Å². The lowest BCUT2D eigenvalue weighted by Gasteiger charge is -2.14. The highest BCUT2D eigenvalue weighted by molar-refractivity contribution is 8.00. The molecule has 0 saturated carbocycles. The summed E-state index contributed by atoms with van der Waals surface area (Å²) in [6.45, 7) is 2.82. The van der Waals surface area contributed by atoms with E-state index in [0.29, 0.717) is 0 Å². The van der Waals surface area contributed by atoms with Gasteiger partial charge in [0.05, 0.1) is 5.25 Å². The van der Waals surface area contributed by atoms with Gasteiger partial charge >= 0.3 is 5.97 Å². The molecular weight excluding hydrogens is 220 g/mol. The summed E-state index contributed by atoms with van der Waals surface area (Å²) in [4.78, 5) is 32.0. The Morgan fingerprint density at radius 2 is 2.00 bits per heavy atom. The van der Waals surface area contributed by atoms with Gasteiger partial charge in [-0.1, -0.05) is 0 Å². The molecule has 0 aromatic rings. The second-order valence-electron chi connectivity index (χ2n) is 2.97. The molecule has 1 unspecified atom stereocenters. The molecule has 2 atom stereocenters. The molecule has 86 valence electrons. The zero-order chi connectivity index (χ0) is 12.0. The molecule has 2 amide bonds. The lowest BCUT2D eigenvalue weighted by molar-refractivity contribution is -0.140. The van der Waals surface area contributed by atoms with Crippen molar-refractivity contribution in [2.24, 2.45) is 5.73 Å². The zero-order valence-electron chi connectivity index (χ0n) is 8.52. The van der Waals surface area contributed by atoms with E-state index in [1.165, 1.54) is 6.92 Å². The van der Waals surface area contributed by atoms with Crippen molar-refractivity contribution in [3.63, 3.8) is 0 Å². The Kier molecular flexibility index (Phi) is 5.76. The first-order valence-corrected chi connectivity index (χ1v) is 5.30. The summed E-state index contributed by atoms with van der Waals surface area (Å²) >= 11 is 1.09. The van der Waals surface area contributed by atoms with E-state index in [0.717, 1.165) is 11.8 Å². The molecule has 0 radical (unpaired) electrons. The average molecular weight is 234 g/mol. The maximum Gasteiger partial charge on any atom is 0.327 e. The van der Waals surface area contributed by atoms with Crippen molar-refractivity contribution in [1.82, 2.24) is 5.32 Å². The monoisotopic (exact) mass is 234 g/mol. The smallest absolute Gasteiger partial charge is 0.327 e. The summed E-state index contributed by atoms with van der Waals surface area (Å²) in [6.07, 6.45) is 0. The minimum absolute atomic E-state index is 0.110. The minimum atomic E-state index is -1.13. The lowest BCUT2D eigenvalue weighted by atomic mass is 10.3. The highest BCUT2D eigenvalue weighted by atomic mass is 32.2. The Morgan fingerprint density at radius 3 is 2.33 bits per heavy atom. The number of aliphatic carboxylic acids is 1. The molecule has 7 heteroatoms. The summed E-state index contributed by atoms with van der Waals surface area (Å²) in [5.74, 6) is -1.95. The van der Waals surface area contributed by atoms with Gasteiger partial charge in [-0.3, -0.25) is 9.59 Å². The van der Waals surface area contributed by atoms with Crippen LogP contribution in [0.25, 0.3) is 0 Å². The second-order valence-corrected chi connectivity index (χ2v) is 4.34. The van der Waals surface area contributed by atoms with Crippen molar-refractivity contribution in [3.8, 4) is 0 Å². The first-order valence-electron chi connectivity index (χ1n) is 4.25. The van der Waals surface area contributed by atoms with E-state index in [2.05, 4.69) is 5.32 Å². The van der Waals surface area contributed by atoms with Gasteiger partial charge in [-0.15, -0.1) is 11.8 Å². The van der Waals surface area contributed by atoms with Crippen LogP contribution in [0.5, 0.6) is 0 Å². The topological polar surface area (TPSA) is 109 Å². The summed E-state index contributed by atoms with van der Waals surface area (Å²) in [5, 5.41) is 10.5. The number of nitrogens with two attached hydrogens (primary N) is 1. The van der Waals surface area contributed by atoms with Crippen LogP contribution in [-0.4, -0.2) is 39.9 Å². The number of nitrogens with one attached hydrogen (secondary N) is 1. The molecule has 0 aliphatic carbocycles. The molecule has 0 heterocycles. The van der Waals surface area contributed by atoms with E-state index >= 15 is 0 Å². The van der Waals surface area contributed by atoms with Crippen LogP contribution in [0.2, 0.25) is 0 Å². The van der Waals surface area contributed by atoms with Crippen LogP contribution in [0.15, 0.2) is 0 Å². The fourth-order valence-electron chi connectivity index (χ4n) is 0.743. The Bertz CT molecular complexity index is 269. The molecule has 0 fully saturated rings. The number of carbonyl (C=O) groups excluding carboxylic acids is 2. The Labute approximate surface area is 91.6 Å². The Morgan fingerprint density at radius 1 is 1.47 bits per heavy atom. The molecule has 6 nitrogen and oxygen atoms in total. The molecule has 0 aliphatic heterocycles. The third kappa shape index (κ3) is 5.95. The first kappa shape index (κ1) is 13.8. The summed E-state index contributed by atoms with van der Waals surface area (Å²) in [5.41, 5.74) is 5.01. The Hall–Kier alpha value is -1.24. The van der Waals surface area contributed by atoms with Crippen LogP contribution >= 0.6 is 11.8 Å². The number of hydrogen-bond donors (Lipinski definition) is 3. The maximum atomic E-state index is 10.7. The molecule has 0 aromatic carbocycles. The summed E-state index contributed by atoms with van der Waals surface area (Å²) in [7, 11) is 0. The molecule has 0 aliphatic rings. The van der Waals surface area contributed by atoms with Crippen LogP contribution in [0.3, 0.4) is 0 Å². The number of hydrogen-bond acceptors (Lipinski definition) is 4. The number of carboxylic acids is 1. The molecule has 15 heavy (non-hydrogen) atoms. The number of amides is 2. The van der Waals surface area contributed by atoms with Crippen molar-refractivity contribution < 1.29 is 19.5 Å². The molecule has 0 saturated heterocycles. The molecule has 0 spiro atoms. The summed E-state index contributed by atoms with van der Waals surface area (Å²) in [6, 6.07) is -0.991. The maximum absolute atomic E-state index is 10.7. The molecule has 0 bridgehead atoms. The number of primary amides is 1. The number of thioether (sulfide) groups is 1. The van der Waals surface area contributed by atoms with Crippen LogP contribution < -0.4 is 11.1 Å². The second kappa shape index (κ2) is 6.28. The average Bonchev–Trinajstić information content (AvgIpc) is 2.10. The van der Waals surface area contributed by atoms with Crippen molar-refractivity contribution in [2.75, 3.05) is 5.75 Å². The number of rotatable bonds is 6. The molecule has 4 N–H and O–H groups in total. The van der Waals surface area contributed by atoms with E-state index in [4.69, 9.17) is 10.8 Å². The van der Waals surface area contributed by atoms with Gasteiger partial charge < -0.3 is 16.2 Å². The van der Waals surface area contributed by atoms with Gasteiger partial charge in [0.15, 0.2) is 0 Å². The fraction of sp³-hybridized carbons (Fsp3) is 0.625. The predicted molar refractivity (Wildman–Crippen MR) is 56.4 cm³/mol. The van der Waals surface area contributed by atoms with Gasteiger partial charge in [0.1, 0.15) is 6.04 Å². The van der Waals surface area contributed by atoms with Gasteiger partial charge in [-0.2, -0.15) is 0 Å². The summed E-state index contributed by atoms with van der Waals surface area (Å²) < 4.78 is 0.